The molecular formula is C17H22N2O4S. The lowest BCUT2D eigenvalue weighted by atomic mass is 10.3. The van der Waals surface area contributed by atoms with Crippen LogP contribution in [0.25, 0.3) is 0 Å². The Balaban J connectivity index is 2.36. The summed E-state index contributed by atoms with van der Waals surface area (Å²) in [5.41, 5.74) is 0.860. The topological polar surface area (TPSA) is 68.7 Å². The molecule has 0 saturated heterocycles. The average Bonchev–Trinajstić information content (AvgIpc) is 2.60. The van der Waals surface area contributed by atoms with Crippen LogP contribution in [0, 0.1) is 0 Å². The molecule has 0 atom stereocenters. The first-order valence-electron chi connectivity index (χ1n) is 7.69. The minimum Gasteiger partial charge on any atom is -0.492 e. The van der Waals surface area contributed by atoms with Crippen LogP contribution in [0.15, 0.2) is 53.7 Å². The molecule has 130 valence electrons. The fourth-order valence-corrected chi connectivity index (χ4v) is 3.79. The summed E-state index contributed by atoms with van der Waals surface area (Å²) < 4.78 is 38.2. The van der Waals surface area contributed by atoms with E-state index in [0.717, 1.165) is 5.56 Å². The van der Waals surface area contributed by atoms with E-state index in [1.807, 2.05) is 6.92 Å². The third-order valence-corrected chi connectivity index (χ3v) is 5.30. The molecule has 24 heavy (non-hydrogen) atoms. The van der Waals surface area contributed by atoms with Gasteiger partial charge in [-0.25, -0.2) is 8.42 Å². The van der Waals surface area contributed by atoms with Crippen molar-refractivity contribution < 1.29 is 17.9 Å². The summed E-state index contributed by atoms with van der Waals surface area (Å²) in [5, 5.41) is 0. The second kappa shape index (κ2) is 8.77. The number of rotatable bonds is 9. The van der Waals surface area contributed by atoms with Crippen LogP contribution in [-0.2, 0) is 21.3 Å². The minimum absolute atomic E-state index is 0.164. The number of pyridine rings is 1. The zero-order valence-electron chi connectivity index (χ0n) is 13.9. The molecule has 0 saturated carbocycles. The lowest BCUT2D eigenvalue weighted by Gasteiger charge is -2.23. The van der Waals surface area contributed by atoms with E-state index in [2.05, 4.69) is 4.98 Å². The number of methoxy groups -OCH3 is 1. The van der Waals surface area contributed by atoms with Crippen molar-refractivity contribution >= 4 is 10.0 Å². The van der Waals surface area contributed by atoms with E-state index < -0.39 is 10.0 Å². The highest BCUT2D eigenvalue weighted by Gasteiger charge is 2.27. The molecule has 0 aliphatic heterocycles. The van der Waals surface area contributed by atoms with Crippen molar-refractivity contribution in [3.05, 3.63) is 54.4 Å². The van der Waals surface area contributed by atoms with Crippen LogP contribution in [-0.4, -0.2) is 44.6 Å². The third-order valence-electron chi connectivity index (χ3n) is 3.42. The molecule has 0 N–H and O–H groups in total. The number of hydrogen-bond donors (Lipinski definition) is 0. The van der Waals surface area contributed by atoms with Crippen molar-refractivity contribution in [2.75, 3.05) is 26.9 Å². The molecule has 0 unspecified atom stereocenters. The summed E-state index contributed by atoms with van der Waals surface area (Å²) in [4.78, 5) is 4.12. The molecule has 0 spiro atoms. The first-order chi connectivity index (χ1) is 11.6. The Hall–Kier alpha value is -1.96. The summed E-state index contributed by atoms with van der Waals surface area (Å²) in [7, 11) is -2.17. The maximum absolute atomic E-state index is 13.1. The molecule has 0 bridgehead atoms. The van der Waals surface area contributed by atoms with E-state index in [9.17, 15) is 8.42 Å². The van der Waals surface area contributed by atoms with Crippen LogP contribution in [0.2, 0.25) is 0 Å². The van der Waals surface area contributed by atoms with Gasteiger partial charge in [0.25, 0.3) is 0 Å². The molecule has 7 heteroatoms. The van der Waals surface area contributed by atoms with Gasteiger partial charge >= 0.3 is 0 Å². The van der Waals surface area contributed by atoms with Gasteiger partial charge in [0.1, 0.15) is 10.6 Å². The predicted octanol–water partition coefficient (Wildman–Crippen LogP) is 2.32. The second-order valence-electron chi connectivity index (χ2n) is 5.07. The quantitative estimate of drug-likeness (QED) is 0.694. The number of aromatic nitrogens is 1. The fourth-order valence-electron chi connectivity index (χ4n) is 2.25. The molecule has 0 fully saturated rings. The highest BCUT2D eigenvalue weighted by molar-refractivity contribution is 7.89. The van der Waals surface area contributed by atoms with Gasteiger partial charge in [-0.1, -0.05) is 12.1 Å². The van der Waals surface area contributed by atoms with E-state index in [1.54, 1.807) is 55.9 Å². The number of hydrogen-bond acceptors (Lipinski definition) is 5. The molecule has 6 nitrogen and oxygen atoms in total. The number of para-hydroxylation sites is 1. The highest BCUT2D eigenvalue weighted by Crippen LogP contribution is 2.27. The molecule has 0 aliphatic carbocycles. The summed E-state index contributed by atoms with van der Waals surface area (Å²) in [6.07, 6.45) is 3.29. The largest absolute Gasteiger partial charge is 0.492 e. The SMILES string of the molecule is CCOc1ccccc1S(=O)(=O)N(CCOC)Cc1ccncc1. The zero-order valence-corrected chi connectivity index (χ0v) is 14.7. The van der Waals surface area contributed by atoms with Gasteiger partial charge in [-0.3, -0.25) is 4.98 Å². The monoisotopic (exact) mass is 350 g/mol. The summed E-state index contributed by atoms with van der Waals surface area (Å²) >= 11 is 0. The van der Waals surface area contributed by atoms with Crippen molar-refractivity contribution in [3.63, 3.8) is 0 Å². The van der Waals surface area contributed by atoms with Crippen LogP contribution in [0.4, 0.5) is 0 Å². The van der Waals surface area contributed by atoms with Gasteiger partial charge < -0.3 is 9.47 Å². The number of ether oxygens (including phenoxy) is 2. The zero-order chi connectivity index (χ0) is 17.4. The van der Waals surface area contributed by atoms with Crippen LogP contribution >= 0.6 is 0 Å². The molecule has 0 aliphatic rings. The van der Waals surface area contributed by atoms with Gasteiger partial charge in [0.15, 0.2) is 0 Å². The summed E-state index contributed by atoms with van der Waals surface area (Å²) in [5.74, 6) is 0.358. The smallest absolute Gasteiger partial charge is 0.247 e. The predicted molar refractivity (Wildman–Crippen MR) is 91.3 cm³/mol. The average molecular weight is 350 g/mol. The van der Waals surface area contributed by atoms with Gasteiger partial charge in [-0.15, -0.1) is 0 Å². The van der Waals surface area contributed by atoms with Crippen LogP contribution in [0.1, 0.15) is 12.5 Å². The third kappa shape index (κ3) is 4.53. The van der Waals surface area contributed by atoms with Gasteiger partial charge in [0.2, 0.25) is 10.0 Å². The Morgan fingerprint density at radius 2 is 1.83 bits per heavy atom. The van der Waals surface area contributed by atoms with Crippen molar-refractivity contribution in [1.82, 2.24) is 9.29 Å². The van der Waals surface area contributed by atoms with Gasteiger partial charge in [-0.05, 0) is 36.8 Å². The maximum atomic E-state index is 13.1. The normalized spacial score (nSPS) is 11.6. The lowest BCUT2D eigenvalue weighted by Crippen LogP contribution is -2.33. The molecule has 1 aromatic heterocycles. The lowest BCUT2D eigenvalue weighted by molar-refractivity contribution is 0.177. The van der Waals surface area contributed by atoms with E-state index in [1.165, 1.54) is 4.31 Å². The van der Waals surface area contributed by atoms with E-state index in [-0.39, 0.29) is 18.0 Å². The Morgan fingerprint density at radius 1 is 1.12 bits per heavy atom. The van der Waals surface area contributed by atoms with Crippen LogP contribution in [0.5, 0.6) is 5.75 Å². The van der Waals surface area contributed by atoms with Crippen LogP contribution in [0.3, 0.4) is 0 Å². The van der Waals surface area contributed by atoms with Crippen molar-refractivity contribution in [2.45, 2.75) is 18.4 Å². The molecule has 1 aromatic carbocycles. The van der Waals surface area contributed by atoms with E-state index >= 15 is 0 Å². The first-order valence-corrected chi connectivity index (χ1v) is 9.13. The minimum atomic E-state index is -3.72. The standard InChI is InChI=1S/C17H22N2O4S/c1-3-23-16-6-4-5-7-17(16)24(20,21)19(12-13-22-2)14-15-8-10-18-11-9-15/h4-11H,3,12-14H2,1-2H3. The first kappa shape index (κ1) is 18.4. The van der Waals surface area contributed by atoms with Gasteiger partial charge in [0.05, 0.1) is 13.2 Å². The molecule has 2 rings (SSSR count). The van der Waals surface area contributed by atoms with Crippen molar-refractivity contribution in [3.8, 4) is 5.75 Å². The van der Waals surface area contributed by atoms with E-state index in [4.69, 9.17) is 9.47 Å². The molecule has 2 aromatic rings. The second-order valence-corrected chi connectivity index (χ2v) is 6.97. The fraction of sp³-hybridized carbons (Fsp3) is 0.353. The Morgan fingerprint density at radius 3 is 2.50 bits per heavy atom. The molecule has 1 heterocycles. The van der Waals surface area contributed by atoms with E-state index in [0.29, 0.717) is 19.0 Å². The number of nitrogens with zero attached hydrogens (tertiary/aromatic N) is 2. The number of benzene rings is 1. The Kier molecular flexibility index (Phi) is 6.72. The molecular weight excluding hydrogens is 328 g/mol. The Bertz CT molecular complexity index is 735. The molecule has 0 radical (unpaired) electrons. The Labute approximate surface area is 143 Å². The van der Waals surface area contributed by atoms with Crippen molar-refractivity contribution in [1.29, 1.82) is 0 Å². The van der Waals surface area contributed by atoms with Crippen molar-refractivity contribution in [2.24, 2.45) is 0 Å². The molecule has 0 amide bonds. The van der Waals surface area contributed by atoms with Crippen LogP contribution < -0.4 is 4.74 Å². The maximum Gasteiger partial charge on any atom is 0.247 e. The highest BCUT2D eigenvalue weighted by atomic mass is 32.2. The summed E-state index contributed by atoms with van der Waals surface area (Å²) in [6.45, 7) is 3.02. The van der Waals surface area contributed by atoms with Gasteiger partial charge in [0, 0.05) is 32.6 Å². The number of sulfonamides is 1. The van der Waals surface area contributed by atoms with Gasteiger partial charge in [-0.2, -0.15) is 4.31 Å². The summed E-state index contributed by atoms with van der Waals surface area (Å²) in [6, 6.07) is 10.3.